The van der Waals surface area contributed by atoms with Crippen molar-refractivity contribution in [3.63, 3.8) is 0 Å². The van der Waals surface area contributed by atoms with Crippen molar-refractivity contribution in [3.05, 3.63) is 47.0 Å². The standard InChI is InChI=1S/C15H16N2OS/c18-14(12-7-3-1-4-8-12)13-11-16-15(19-13)17-9-5-2-6-10-17/h1,3-4,7-8,11H,2,5-6,9-10H2. The highest BCUT2D eigenvalue weighted by molar-refractivity contribution is 7.17. The summed E-state index contributed by atoms with van der Waals surface area (Å²) in [5.74, 6) is 0.0707. The molecule has 1 aliphatic rings. The first-order valence-electron chi connectivity index (χ1n) is 6.65. The molecule has 1 saturated heterocycles. The van der Waals surface area contributed by atoms with Gasteiger partial charge in [-0.05, 0) is 19.3 Å². The molecule has 0 bridgehead atoms. The highest BCUT2D eigenvalue weighted by Crippen LogP contribution is 2.26. The minimum absolute atomic E-state index is 0.0707. The van der Waals surface area contributed by atoms with E-state index in [4.69, 9.17) is 0 Å². The summed E-state index contributed by atoms with van der Waals surface area (Å²) < 4.78 is 0. The quantitative estimate of drug-likeness (QED) is 0.803. The van der Waals surface area contributed by atoms with Gasteiger partial charge in [0.15, 0.2) is 5.13 Å². The van der Waals surface area contributed by atoms with Crippen molar-refractivity contribution in [1.29, 1.82) is 0 Å². The van der Waals surface area contributed by atoms with Crippen LogP contribution in [-0.2, 0) is 0 Å². The van der Waals surface area contributed by atoms with Crippen LogP contribution in [0.15, 0.2) is 36.5 Å². The molecular weight excluding hydrogens is 256 g/mol. The molecule has 1 aromatic carbocycles. The van der Waals surface area contributed by atoms with Crippen molar-refractivity contribution in [3.8, 4) is 0 Å². The van der Waals surface area contributed by atoms with Crippen LogP contribution in [0.25, 0.3) is 0 Å². The molecule has 0 unspecified atom stereocenters. The number of thiazole rings is 1. The summed E-state index contributed by atoms with van der Waals surface area (Å²) in [6.07, 6.45) is 5.46. The molecule has 1 aliphatic heterocycles. The Balaban J connectivity index is 1.79. The topological polar surface area (TPSA) is 33.2 Å². The second-order valence-electron chi connectivity index (χ2n) is 4.75. The van der Waals surface area contributed by atoms with Crippen molar-refractivity contribution in [1.82, 2.24) is 4.98 Å². The van der Waals surface area contributed by atoms with E-state index in [0.717, 1.165) is 28.7 Å². The zero-order valence-corrected chi connectivity index (χ0v) is 11.5. The van der Waals surface area contributed by atoms with Gasteiger partial charge in [0.25, 0.3) is 0 Å². The molecule has 4 heteroatoms. The van der Waals surface area contributed by atoms with E-state index in [1.807, 2.05) is 30.3 Å². The molecule has 0 amide bonds. The van der Waals surface area contributed by atoms with E-state index in [9.17, 15) is 4.79 Å². The number of nitrogens with zero attached hydrogens (tertiary/aromatic N) is 2. The summed E-state index contributed by atoms with van der Waals surface area (Å²) in [5, 5.41) is 0.985. The van der Waals surface area contributed by atoms with Gasteiger partial charge in [-0.25, -0.2) is 4.98 Å². The zero-order valence-electron chi connectivity index (χ0n) is 10.7. The third kappa shape index (κ3) is 2.68. The number of piperidine rings is 1. The molecule has 98 valence electrons. The van der Waals surface area contributed by atoms with Gasteiger partial charge in [0.05, 0.1) is 11.1 Å². The van der Waals surface area contributed by atoms with Gasteiger partial charge in [-0.2, -0.15) is 0 Å². The normalized spacial score (nSPS) is 15.5. The van der Waals surface area contributed by atoms with Gasteiger partial charge >= 0.3 is 0 Å². The first kappa shape index (κ1) is 12.4. The highest BCUT2D eigenvalue weighted by Gasteiger charge is 2.17. The van der Waals surface area contributed by atoms with Crippen LogP contribution in [0.1, 0.15) is 34.5 Å². The van der Waals surface area contributed by atoms with Crippen molar-refractivity contribution >= 4 is 22.3 Å². The number of benzene rings is 1. The summed E-state index contributed by atoms with van der Waals surface area (Å²) in [7, 11) is 0. The lowest BCUT2D eigenvalue weighted by Gasteiger charge is -2.25. The molecule has 0 N–H and O–H groups in total. The molecule has 2 aromatic rings. The minimum Gasteiger partial charge on any atom is -0.348 e. The predicted octanol–water partition coefficient (Wildman–Crippen LogP) is 3.36. The average Bonchev–Trinajstić information content (AvgIpc) is 2.98. The van der Waals surface area contributed by atoms with Gasteiger partial charge in [0.1, 0.15) is 0 Å². The molecule has 0 aliphatic carbocycles. The second-order valence-corrected chi connectivity index (χ2v) is 5.76. The maximum absolute atomic E-state index is 12.3. The summed E-state index contributed by atoms with van der Waals surface area (Å²) in [5.41, 5.74) is 0.733. The first-order valence-corrected chi connectivity index (χ1v) is 7.47. The number of aromatic nitrogens is 1. The van der Waals surface area contributed by atoms with Crippen LogP contribution >= 0.6 is 11.3 Å². The van der Waals surface area contributed by atoms with Crippen molar-refractivity contribution < 1.29 is 4.79 Å². The maximum atomic E-state index is 12.3. The summed E-state index contributed by atoms with van der Waals surface area (Å²) in [6.45, 7) is 2.12. The maximum Gasteiger partial charge on any atom is 0.204 e. The van der Waals surface area contributed by atoms with Gasteiger partial charge in [0, 0.05) is 18.7 Å². The lowest BCUT2D eigenvalue weighted by atomic mass is 10.1. The fourth-order valence-corrected chi connectivity index (χ4v) is 3.26. The fourth-order valence-electron chi connectivity index (χ4n) is 2.33. The molecule has 0 atom stereocenters. The Morgan fingerprint density at radius 1 is 1.11 bits per heavy atom. The molecule has 0 saturated carbocycles. The Morgan fingerprint density at radius 3 is 2.58 bits per heavy atom. The lowest BCUT2D eigenvalue weighted by Crippen LogP contribution is -2.29. The Labute approximate surface area is 116 Å². The third-order valence-electron chi connectivity index (χ3n) is 3.38. The second kappa shape index (κ2) is 5.53. The average molecular weight is 272 g/mol. The molecule has 1 fully saturated rings. The molecule has 19 heavy (non-hydrogen) atoms. The molecule has 0 radical (unpaired) electrons. The molecule has 3 nitrogen and oxygen atoms in total. The Hall–Kier alpha value is -1.68. The minimum atomic E-state index is 0.0707. The van der Waals surface area contributed by atoms with E-state index in [1.54, 1.807) is 6.20 Å². The van der Waals surface area contributed by atoms with Crippen molar-refractivity contribution in [2.24, 2.45) is 0 Å². The van der Waals surface area contributed by atoms with Gasteiger partial charge in [-0.15, -0.1) is 0 Å². The summed E-state index contributed by atoms with van der Waals surface area (Å²) >= 11 is 1.51. The number of anilines is 1. The van der Waals surface area contributed by atoms with Gasteiger partial charge in [0.2, 0.25) is 5.78 Å². The summed E-state index contributed by atoms with van der Waals surface area (Å²) in [6, 6.07) is 9.40. The van der Waals surface area contributed by atoms with Crippen molar-refractivity contribution in [2.75, 3.05) is 18.0 Å². The number of hydrogen-bond donors (Lipinski definition) is 0. The third-order valence-corrected chi connectivity index (χ3v) is 4.44. The zero-order chi connectivity index (χ0) is 13.1. The van der Waals surface area contributed by atoms with E-state index in [2.05, 4.69) is 9.88 Å². The summed E-state index contributed by atoms with van der Waals surface area (Å²) in [4.78, 5) is 19.7. The fraction of sp³-hybridized carbons (Fsp3) is 0.333. The number of carbonyl (C=O) groups excluding carboxylic acids is 1. The number of rotatable bonds is 3. The van der Waals surface area contributed by atoms with Crippen LogP contribution in [0.5, 0.6) is 0 Å². The number of hydrogen-bond acceptors (Lipinski definition) is 4. The molecule has 0 spiro atoms. The van der Waals surface area contributed by atoms with E-state index in [0.29, 0.717) is 0 Å². The van der Waals surface area contributed by atoms with E-state index in [-0.39, 0.29) is 5.78 Å². The lowest BCUT2D eigenvalue weighted by molar-refractivity contribution is 0.104. The molecule has 3 rings (SSSR count). The highest BCUT2D eigenvalue weighted by atomic mass is 32.1. The van der Waals surface area contributed by atoms with Crippen LogP contribution < -0.4 is 4.90 Å². The van der Waals surface area contributed by atoms with Gasteiger partial charge in [-0.1, -0.05) is 41.7 Å². The van der Waals surface area contributed by atoms with Crippen molar-refractivity contribution in [2.45, 2.75) is 19.3 Å². The van der Waals surface area contributed by atoms with Crippen LogP contribution in [0.4, 0.5) is 5.13 Å². The van der Waals surface area contributed by atoms with Gasteiger partial charge < -0.3 is 4.90 Å². The Kier molecular flexibility index (Phi) is 3.60. The van der Waals surface area contributed by atoms with E-state index >= 15 is 0 Å². The smallest absolute Gasteiger partial charge is 0.204 e. The van der Waals surface area contributed by atoms with Gasteiger partial charge in [-0.3, -0.25) is 4.79 Å². The molecule has 1 aromatic heterocycles. The molecular formula is C15H16N2OS. The van der Waals surface area contributed by atoms with E-state index in [1.165, 1.54) is 30.6 Å². The Morgan fingerprint density at radius 2 is 1.84 bits per heavy atom. The largest absolute Gasteiger partial charge is 0.348 e. The monoisotopic (exact) mass is 272 g/mol. The SMILES string of the molecule is O=C(c1ccccc1)c1cnc(N2CCCCC2)s1. The van der Waals surface area contributed by atoms with Crippen LogP contribution in [-0.4, -0.2) is 23.9 Å². The van der Waals surface area contributed by atoms with Crippen LogP contribution in [0, 0.1) is 0 Å². The first-order chi connectivity index (χ1) is 9.34. The molecule has 2 heterocycles. The van der Waals surface area contributed by atoms with E-state index < -0.39 is 0 Å². The van der Waals surface area contributed by atoms with Crippen LogP contribution in [0.3, 0.4) is 0 Å². The predicted molar refractivity (Wildman–Crippen MR) is 78.1 cm³/mol. The number of ketones is 1. The number of carbonyl (C=O) groups is 1. The Bertz CT molecular complexity index is 559. The van der Waals surface area contributed by atoms with Crippen LogP contribution in [0.2, 0.25) is 0 Å².